The summed E-state index contributed by atoms with van der Waals surface area (Å²) >= 11 is 0. The number of carbonyl (C=O) groups excluding carboxylic acids is 1. The Balaban J connectivity index is 2.24. The standard InChI is InChI=1S/C14H16F2N2O3/c15-9-7-10(16)11(6-8(9)12(19)20)18-13(21)14(17)4-2-1-3-5-14/h6-7H,1-5,17H2,(H,18,21)(H,19,20). The van der Waals surface area contributed by atoms with Crippen LogP contribution < -0.4 is 11.1 Å². The van der Waals surface area contributed by atoms with Crippen LogP contribution in [0.5, 0.6) is 0 Å². The molecule has 0 atom stereocenters. The normalized spacial score (nSPS) is 17.3. The van der Waals surface area contributed by atoms with Gasteiger partial charge in [0.15, 0.2) is 0 Å². The van der Waals surface area contributed by atoms with Crippen LogP contribution in [-0.4, -0.2) is 22.5 Å². The van der Waals surface area contributed by atoms with Crippen molar-refractivity contribution in [2.75, 3.05) is 5.32 Å². The molecule has 0 aliphatic heterocycles. The van der Waals surface area contributed by atoms with E-state index in [1.807, 2.05) is 0 Å². The highest BCUT2D eigenvalue weighted by Crippen LogP contribution is 2.28. The van der Waals surface area contributed by atoms with Crippen molar-refractivity contribution in [2.24, 2.45) is 5.73 Å². The summed E-state index contributed by atoms with van der Waals surface area (Å²) in [5.74, 6) is -4.35. The molecule has 7 heteroatoms. The Hall–Kier alpha value is -2.02. The maximum Gasteiger partial charge on any atom is 0.338 e. The minimum absolute atomic E-state index is 0.380. The number of rotatable bonds is 3. The summed E-state index contributed by atoms with van der Waals surface area (Å²) in [6.07, 6.45) is 3.55. The summed E-state index contributed by atoms with van der Waals surface area (Å²) < 4.78 is 26.9. The Morgan fingerprint density at radius 1 is 1.14 bits per heavy atom. The number of aromatic carboxylic acids is 1. The lowest BCUT2D eigenvalue weighted by atomic mass is 9.82. The predicted molar refractivity (Wildman–Crippen MR) is 72.0 cm³/mol. The number of nitrogens with two attached hydrogens (primary N) is 1. The Morgan fingerprint density at radius 3 is 2.33 bits per heavy atom. The molecule has 1 amide bonds. The molecule has 2 rings (SSSR count). The van der Waals surface area contributed by atoms with Crippen LogP contribution in [0.3, 0.4) is 0 Å². The van der Waals surface area contributed by atoms with Crippen LogP contribution in [-0.2, 0) is 4.79 Å². The van der Waals surface area contributed by atoms with E-state index in [9.17, 15) is 18.4 Å². The number of halogens is 2. The Morgan fingerprint density at radius 2 is 1.76 bits per heavy atom. The fraction of sp³-hybridized carbons (Fsp3) is 0.429. The minimum atomic E-state index is -1.54. The molecule has 0 bridgehead atoms. The van der Waals surface area contributed by atoms with Crippen LogP contribution in [0.2, 0.25) is 0 Å². The average molecular weight is 298 g/mol. The van der Waals surface area contributed by atoms with Crippen molar-refractivity contribution in [1.82, 2.24) is 0 Å². The number of nitrogens with one attached hydrogen (secondary N) is 1. The average Bonchev–Trinajstić information content (AvgIpc) is 2.42. The zero-order valence-corrected chi connectivity index (χ0v) is 11.3. The van der Waals surface area contributed by atoms with Crippen molar-refractivity contribution < 1.29 is 23.5 Å². The van der Waals surface area contributed by atoms with Gasteiger partial charge in [-0.3, -0.25) is 4.79 Å². The van der Waals surface area contributed by atoms with Crippen molar-refractivity contribution in [1.29, 1.82) is 0 Å². The highest BCUT2D eigenvalue weighted by Gasteiger charge is 2.35. The third kappa shape index (κ3) is 3.18. The zero-order chi connectivity index (χ0) is 15.6. The Kier molecular flexibility index (Phi) is 4.22. The predicted octanol–water partition coefficient (Wildman–Crippen LogP) is 2.26. The molecule has 1 aromatic carbocycles. The molecule has 0 heterocycles. The topological polar surface area (TPSA) is 92.4 Å². The SMILES string of the molecule is NC1(C(=O)Nc2cc(C(=O)O)c(F)cc2F)CCCCC1. The molecule has 0 unspecified atom stereocenters. The van der Waals surface area contributed by atoms with Gasteiger partial charge in [0.2, 0.25) is 5.91 Å². The van der Waals surface area contributed by atoms with Gasteiger partial charge in [0.25, 0.3) is 0 Å². The van der Waals surface area contributed by atoms with Gasteiger partial charge in [-0.05, 0) is 18.9 Å². The third-order valence-electron chi connectivity index (χ3n) is 3.73. The second-order valence-corrected chi connectivity index (χ2v) is 5.29. The molecule has 1 saturated carbocycles. The maximum atomic E-state index is 13.7. The van der Waals surface area contributed by atoms with Gasteiger partial charge in [0.1, 0.15) is 11.6 Å². The number of amides is 1. The molecular formula is C14H16F2N2O3. The van der Waals surface area contributed by atoms with Crippen molar-refractivity contribution in [3.05, 3.63) is 29.3 Å². The summed E-state index contributed by atoms with van der Waals surface area (Å²) in [6, 6.07) is 1.19. The lowest BCUT2D eigenvalue weighted by Crippen LogP contribution is -2.52. The molecule has 0 radical (unpaired) electrons. The minimum Gasteiger partial charge on any atom is -0.478 e. The molecule has 1 aliphatic rings. The first kappa shape index (κ1) is 15.4. The van der Waals surface area contributed by atoms with E-state index in [0.29, 0.717) is 18.9 Å². The van der Waals surface area contributed by atoms with E-state index < -0.39 is 34.6 Å². The van der Waals surface area contributed by atoms with Crippen LogP contribution >= 0.6 is 0 Å². The van der Waals surface area contributed by atoms with Gasteiger partial charge in [-0.25, -0.2) is 13.6 Å². The lowest BCUT2D eigenvalue weighted by Gasteiger charge is -2.31. The number of carbonyl (C=O) groups is 2. The number of hydrogen-bond acceptors (Lipinski definition) is 3. The molecule has 5 nitrogen and oxygen atoms in total. The third-order valence-corrected chi connectivity index (χ3v) is 3.73. The van der Waals surface area contributed by atoms with E-state index in [1.54, 1.807) is 0 Å². The summed E-state index contributed by atoms with van der Waals surface area (Å²) in [4.78, 5) is 23.0. The van der Waals surface area contributed by atoms with E-state index >= 15 is 0 Å². The Bertz CT molecular complexity index is 584. The highest BCUT2D eigenvalue weighted by molar-refractivity contribution is 5.99. The van der Waals surface area contributed by atoms with Gasteiger partial charge >= 0.3 is 5.97 Å². The summed E-state index contributed by atoms with van der Waals surface area (Å²) in [7, 11) is 0. The van der Waals surface area contributed by atoms with E-state index in [1.165, 1.54) is 0 Å². The van der Waals surface area contributed by atoms with E-state index in [0.717, 1.165) is 25.3 Å². The smallest absolute Gasteiger partial charge is 0.338 e. The van der Waals surface area contributed by atoms with Crippen molar-refractivity contribution in [2.45, 2.75) is 37.6 Å². The lowest BCUT2D eigenvalue weighted by molar-refractivity contribution is -0.122. The van der Waals surface area contributed by atoms with Gasteiger partial charge in [-0.2, -0.15) is 0 Å². The summed E-state index contributed by atoms with van der Waals surface area (Å²) in [5.41, 5.74) is 3.82. The molecule has 21 heavy (non-hydrogen) atoms. The van der Waals surface area contributed by atoms with E-state index in [-0.39, 0.29) is 5.69 Å². The fourth-order valence-corrected chi connectivity index (χ4v) is 2.47. The van der Waals surface area contributed by atoms with Crippen LogP contribution in [0.4, 0.5) is 14.5 Å². The molecule has 0 spiro atoms. The molecule has 1 aromatic rings. The maximum absolute atomic E-state index is 13.7. The van der Waals surface area contributed by atoms with Gasteiger partial charge in [-0.1, -0.05) is 19.3 Å². The second kappa shape index (κ2) is 5.77. The summed E-state index contributed by atoms with van der Waals surface area (Å²) in [5, 5.41) is 11.1. The number of carboxylic acid groups (broad SMARTS) is 1. The zero-order valence-electron chi connectivity index (χ0n) is 11.3. The first-order valence-corrected chi connectivity index (χ1v) is 6.66. The number of carboxylic acids is 1. The number of hydrogen-bond donors (Lipinski definition) is 3. The monoisotopic (exact) mass is 298 g/mol. The van der Waals surface area contributed by atoms with Crippen molar-refractivity contribution in [3.8, 4) is 0 Å². The second-order valence-electron chi connectivity index (χ2n) is 5.29. The van der Waals surface area contributed by atoms with Crippen LogP contribution in [0.25, 0.3) is 0 Å². The molecule has 1 fully saturated rings. The van der Waals surface area contributed by atoms with Crippen molar-refractivity contribution >= 4 is 17.6 Å². The fourth-order valence-electron chi connectivity index (χ4n) is 2.47. The van der Waals surface area contributed by atoms with Gasteiger partial charge in [-0.15, -0.1) is 0 Å². The molecule has 114 valence electrons. The number of anilines is 1. The quantitative estimate of drug-likeness (QED) is 0.798. The highest BCUT2D eigenvalue weighted by atomic mass is 19.1. The molecule has 4 N–H and O–H groups in total. The van der Waals surface area contributed by atoms with Gasteiger partial charge < -0.3 is 16.2 Å². The molecule has 1 aliphatic carbocycles. The first-order valence-electron chi connectivity index (χ1n) is 6.66. The first-order chi connectivity index (χ1) is 9.83. The van der Waals surface area contributed by atoms with Crippen LogP contribution in [0, 0.1) is 11.6 Å². The largest absolute Gasteiger partial charge is 0.478 e. The molecular weight excluding hydrogens is 282 g/mol. The van der Waals surface area contributed by atoms with Crippen LogP contribution in [0.15, 0.2) is 12.1 Å². The molecule has 0 aromatic heterocycles. The van der Waals surface area contributed by atoms with E-state index in [4.69, 9.17) is 10.8 Å². The van der Waals surface area contributed by atoms with Gasteiger partial charge in [0, 0.05) is 6.07 Å². The van der Waals surface area contributed by atoms with Gasteiger partial charge in [0.05, 0.1) is 16.8 Å². The number of benzene rings is 1. The van der Waals surface area contributed by atoms with Crippen LogP contribution in [0.1, 0.15) is 42.5 Å². The van der Waals surface area contributed by atoms with Crippen molar-refractivity contribution in [3.63, 3.8) is 0 Å². The molecule has 0 saturated heterocycles. The summed E-state index contributed by atoms with van der Waals surface area (Å²) in [6.45, 7) is 0. The van der Waals surface area contributed by atoms with E-state index in [2.05, 4.69) is 5.32 Å². The Labute approximate surface area is 120 Å².